The zero-order chi connectivity index (χ0) is 22.7. The molecule has 3 saturated carbocycles. The lowest BCUT2D eigenvalue weighted by Crippen LogP contribution is -2.52. The molecular weight excluding hydrogens is 376 g/mol. The van der Waals surface area contributed by atoms with Gasteiger partial charge in [-0.2, -0.15) is 0 Å². The molecule has 31 heavy (non-hydrogen) atoms. The van der Waals surface area contributed by atoms with E-state index in [9.17, 15) is 5.11 Å². The molecule has 176 valence electrons. The highest BCUT2D eigenvalue weighted by Crippen LogP contribution is 2.67. The van der Waals surface area contributed by atoms with Gasteiger partial charge in [-0.15, -0.1) is 0 Å². The van der Waals surface area contributed by atoms with Crippen LogP contribution < -0.4 is 0 Å². The third-order valence-corrected chi connectivity index (χ3v) is 11.5. The van der Waals surface area contributed by atoms with Crippen LogP contribution in [0.25, 0.3) is 0 Å². The van der Waals surface area contributed by atoms with Crippen molar-refractivity contribution >= 4 is 0 Å². The summed E-state index contributed by atoms with van der Waals surface area (Å²) < 4.78 is 0. The average Bonchev–Trinajstić information content (AvgIpc) is 3.07. The summed E-state index contributed by atoms with van der Waals surface area (Å²) in [6, 6.07) is 0. The van der Waals surface area contributed by atoms with Crippen molar-refractivity contribution in [3.63, 3.8) is 0 Å². The Bertz CT molecular complexity index is 731. The molecule has 0 unspecified atom stereocenters. The predicted octanol–water partition coefficient (Wildman–Crippen LogP) is 8.05. The first-order valence-corrected chi connectivity index (χ1v) is 13.6. The van der Waals surface area contributed by atoms with Crippen LogP contribution in [0.4, 0.5) is 0 Å². The molecule has 4 aliphatic rings. The van der Waals surface area contributed by atoms with Crippen LogP contribution in [0.3, 0.4) is 0 Å². The lowest BCUT2D eigenvalue weighted by atomic mass is 9.46. The molecule has 4 rings (SSSR count). The maximum atomic E-state index is 10.5. The SMILES string of the molecule is CC(=C[C@@H](C)[C@H]1CC[C@H]2[C@@H]3CC=C4[C@H](C)[C@@H](O)CC[C@]4(C)[C@H]3CC[C@]12C)[C@H](C)C(C)C. The molecule has 3 fully saturated rings. The second kappa shape index (κ2) is 8.34. The summed E-state index contributed by atoms with van der Waals surface area (Å²) >= 11 is 0. The molecule has 0 heterocycles. The van der Waals surface area contributed by atoms with E-state index < -0.39 is 0 Å². The minimum Gasteiger partial charge on any atom is -0.393 e. The second-order valence-electron chi connectivity index (χ2n) is 13.1. The van der Waals surface area contributed by atoms with E-state index in [2.05, 4.69) is 67.5 Å². The smallest absolute Gasteiger partial charge is 0.0603 e. The third-order valence-electron chi connectivity index (χ3n) is 11.5. The monoisotopic (exact) mass is 426 g/mol. The molecule has 0 aromatic heterocycles. The number of hydrogen-bond acceptors (Lipinski definition) is 1. The molecule has 0 aromatic carbocycles. The molecule has 0 aromatic rings. The van der Waals surface area contributed by atoms with Gasteiger partial charge in [0.15, 0.2) is 0 Å². The number of fused-ring (bicyclic) bond motifs is 5. The average molecular weight is 427 g/mol. The fourth-order valence-electron chi connectivity index (χ4n) is 9.17. The first-order chi connectivity index (χ1) is 14.5. The Morgan fingerprint density at radius 1 is 1.03 bits per heavy atom. The van der Waals surface area contributed by atoms with Gasteiger partial charge >= 0.3 is 0 Å². The largest absolute Gasteiger partial charge is 0.393 e. The van der Waals surface area contributed by atoms with Crippen LogP contribution in [-0.2, 0) is 0 Å². The van der Waals surface area contributed by atoms with Crippen LogP contribution in [-0.4, -0.2) is 11.2 Å². The lowest BCUT2D eigenvalue weighted by molar-refractivity contribution is -0.0617. The second-order valence-corrected chi connectivity index (χ2v) is 13.1. The van der Waals surface area contributed by atoms with E-state index in [1.807, 2.05) is 0 Å². The lowest BCUT2D eigenvalue weighted by Gasteiger charge is -2.59. The van der Waals surface area contributed by atoms with Gasteiger partial charge in [0, 0.05) is 5.92 Å². The minimum absolute atomic E-state index is 0.121. The molecule has 10 atom stereocenters. The maximum absolute atomic E-state index is 10.5. The summed E-state index contributed by atoms with van der Waals surface area (Å²) in [6.07, 6.45) is 14.3. The Morgan fingerprint density at radius 3 is 2.42 bits per heavy atom. The summed E-state index contributed by atoms with van der Waals surface area (Å²) in [4.78, 5) is 0. The first kappa shape index (κ1) is 23.6. The molecular formula is C30H50O. The van der Waals surface area contributed by atoms with Crippen LogP contribution in [0.1, 0.15) is 100 Å². The van der Waals surface area contributed by atoms with Gasteiger partial charge in [-0.3, -0.25) is 0 Å². The summed E-state index contributed by atoms with van der Waals surface area (Å²) in [7, 11) is 0. The Morgan fingerprint density at radius 2 is 1.74 bits per heavy atom. The molecule has 1 nitrogen and oxygen atoms in total. The van der Waals surface area contributed by atoms with Crippen molar-refractivity contribution in [2.75, 3.05) is 0 Å². The van der Waals surface area contributed by atoms with Gasteiger partial charge < -0.3 is 5.11 Å². The highest BCUT2D eigenvalue weighted by atomic mass is 16.3. The van der Waals surface area contributed by atoms with E-state index in [4.69, 9.17) is 0 Å². The Kier molecular flexibility index (Phi) is 6.35. The van der Waals surface area contributed by atoms with Crippen LogP contribution in [0.15, 0.2) is 23.3 Å². The fourth-order valence-corrected chi connectivity index (χ4v) is 9.17. The van der Waals surface area contributed by atoms with Crippen LogP contribution in [0.2, 0.25) is 0 Å². The van der Waals surface area contributed by atoms with E-state index in [0.29, 0.717) is 28.6 Å². The minimum atomic E-state index is -0.121. The molecule has 0 spiro atoms. The quantitative estimate of drug-likeness (QED) is 0.451. The summed E-state index contributed by atoms with van der Waals surface area (Å²) in [5.74, 6) is 5.92. The Labute approximate surface area is 193 Å². The number of aliphatic hydroxyl groups is 1. The highest BCUT2D eigenvalue weighted by molar-refractivity contribution is 5.27. The van der Waals surface area contributed by atoms with Gasteiger partial charge in [0.05, 0.1) is 6.10 Å². The van der Waals surface area contributed by atoms with Crippen LogP contribution >= 0.6 is 0 Å². The Hall–Kier alpha value is -0.560. The highest BCUT2D eigenvalue weighted by Gasteiger charge is 2.59. The molecule has 0 bridgehead atoms. The van der Waals surface area contributed by atoms with Crippen molar-refractivity contribution in [2.45, 2.75) is 106 Å². The van der Waals surface area contributed by atoms with Crippen molar-refractivity contribution in [1.82, 2.24) is 0 Å². The zero-order valence-electron chi connectivity index (χ0n) is 21.7. The normalized spacial score (nSPS) is 47.3. The van der Waals surface area contributed by atoms with Gasteiger partial charge in [-0.05, 0) is 104 Å². The zero-order valence-corrected chi connectivity index (χ0v) is 21.7. The standard InChI is InChI=1S/C30H50O/c1-18(2)21(5)19(3)17-20(4)24-11-12-26-23-9-10-25-22(6)28(31)14-16-30(25,8)27(23)13-15-29(24,26)7/h10,17-18,20-24,26-28,31H,9,11-16H2,1-8H3/t20-,21-,22+,23+,24-,26+,27+,28+,29-,30+/m1/s1. The van der Waals surface area contributed by atoms with E-state index >= 15 is 0 Å². The molecule has 0 aliphatic heterocycles. The van der Waals surface area contributed by atoms with Crippen LogP contribution in [0, 0.1) is 58.2 Å². The van der Waals surface area contributed by atoms with Crippen molar-refractivity contribution in [2.24, 2.45) is 58.2 Å². The van der Waals surface area contributed by atoms with Gasteiger partial charge in [0.25, 0.3) is 0 Å². The number of rotatable bonds is 4. The molecule has 1 heteroatoms. The molecule has 0 saturated heterocycles. The molecule has 0 amide bonds. The van der Waals surface area contributed by atoms with E-state index in [0.717, 1.165) is 36.0 Å². The van der Waals surface area contributed by atoms with Crippen molar-refractivity contribution in [3.05, 3.63) is 23.3 Å². The van der Waals surface area contributed by atoms with E-state index in [1.165, 1.54) is 38.5 Å². The fraction of sp³-hybridized carbons (Fsp3) is 0.867. The number of hydrogen-bond donors (Lipinski definition) is 1. The van der Waals surface area contributed by atoms with E-state index in [-0.39, 0.29) is 6.10 Å². The van der Waals surface area contributed by atoms with Gasteiger partial charge in [0.1, 0.15) is 0 Å². The molecule has 0 radical (unpaired) electrons. The van der Waals surface area contributed by atoms with Crippen LogP contribution in [0.5, 0.6) is 0 Å². The topological polar surface area (TPSA) is 20.2 Å². The molecule has 4 aliphatic carbocycles. The van der Waals surface area contributed by atoms with Crippen molar-refractivity contribution in [3.8, 4) is 0 Å². The molecule has 1 N–H and O–H groups in total. The Balaban J connectivity index is 1.57. The van der Waals surface area contributed by atoms with Gasteiger partial charge in [-0.25, -0.2) is 0 Å². The predicted molar refractivity (Wildman–Crippen MR) is 133 cm³/mol. The summed E-state index contributed by atoms with van der Waals surface area (Å²) in [5.41, 5.74) is 4.08. The van der Waals surface area contributed by atoms with Gasteiger partial charge in [0.2, 0.25) is 0 Å². The van der Waals surface area contributed by atoms with Gasteiger partial charge in [-0.1, -0.05) is 71.8 Å². The van der Waals surface area contributed by atoms with Crippen molar-refractivity contribution in [1.29, 1.82) is 0 Å². The first-order valence-electron chi connectivity index (χ1n) is 13.6. The number of aliphatic hydroxyl groups excluding tert-OH is 1. The third kappa shape index (κ3) is 3.70. The van der Waals surface area contributed by atoms with Crippen molar-refractivity contribution < 1.29 is 5.11 Å². The summed E-state index contributed by atoms with van der Waals surface area (Å²) in [6.45, 7) is 19.5. The van der Waals surface area contributed by atoms with E-state index in [1.54, 1.807) is 11.1 Å². The number of allylic oxidation sites excluding steroid dienone is 3. The maximum Gasteiger partial charge on any atom is 0.0603 e. The summed E-state index contributed by atoms with van der Waals surface area (Å²) in [5, 5.41) is 10.5.